The van der Waals surface area contributed by atoms with Crippen LogP contribution >= 0.6 is 11.8 Å². The lowest BCUT2D eigenvalue weighted by Gasteiger charge is -2.18. The molecule has 0 saturated heterocycles. The molecule has 1 atom stereocenters. The van der Waals surface area contributed by atoms with Crippen LogP contribution in [0.5, 0.6) is 0 Å². The second-order valence-electron chi connectivity index (χ2n) is 10.6. The lowest BCUT2D eigenvalue weighted by Crippen LogP contribution is -2.30. The van der Waals surface area contributed by atoms with Crippen LogP contribution in [0.15, 0.2) is 144 Å². The number of esters is 1. The molecule has 0 fully saturated rings. The summed E-state index contributed by atoms with van der Waals surface area (Å²) in [5.41, 5.74) is 2.90. The molecule has 3 amide bonds. The van der Waals surface area contributed by atoms with Crippen molar-refractivity contribution in [2.24, 2.45) is 0 Å². The number of carbonyl (C=O) groups is 4. The maximum atomic E-state index is 13.6. The van der Waals surface area contributed by atoms with Gasteiger partial charge in [0.05, 0.1) is 12.2 Å². The van der Waals surface area contributed by atoms with Crippen molar-refractivity contribution < 1.29 is 28.3 Å². The van der Waals surface area contributed by atoms with Crippen molar-refractivity contribution in [1.29, 1.82) is 0 Å². The van der Waals surface area contributed by atoms with Gasteiger partial charge in [-0.2, -0.15) is 0 Å². The Kier molecular flexibility index (Phi) is 11.7. The van der Waals surface area contributed by atoms with Crippen LogP contribution in [0.2, 0.25) is 0 Å². The first-order valence-electron chi connectivity index (χ1n) is 15.3. The number of hydrogen-bond donors (Lipinski definition) is 3. The standard InChI is InChI=1S/C39H32FN3O5S/c1-2-48-39(47)29-18-22-31(23-19-29)41-38(46)35(27-10-5-3-6-11-27)49-33-15-9-14-32(25-33)42-37(45)34(24-26-16-20-30(40)21-17-26)43-36(44)28-12-7-4-8-13-28/h3-25,35H,2H2,1H3,(H,41,46)(H,42,45)(H,43,44)/b34-24-. The van der Waals surface area contributed by atoms with Crippen LogP contribution in [0.1, 0.15) is 44.0 Å². The van der Waals surface area contributed by atoms with Crippen molar-refractivity contribution in [2.45, 2.75) is 17.1 Å². The average Bonchev–Trinajstić information content (AvgIpc) is 3.12. The van der Waals surface area contributed by atoms with Gasteiger partial charge in [0.15, 0.2) is 0 Å². The predicted molar refractivity (Wildman–Crippen MR) is 189 cm³/mol. The van der Waals surface area contributed by atoms with E-state index in [1.165, 1.54) is 42.1 Å². The molecule has 10 heteroatoms. The molecule has 3 N–H and O–H groups in total. The zero-order chi connectivity index (χ0) is 34.6. The molecule has 0 aliphatic carbocycles. The second kappa shape index (κ2) is 16.7. The van der Waals surface area contributed by atoms with Gasteiger partial charge in [0, 0.05) is 21.8 Å². The lowest BCUT2D eigenvalue weighted by molar-refractivity contribution is -0.116. The van der Waals surface area contributed by atoms with E-state index in [0.29, 0.717) is 33.0 Å². The molecule has 0 aromatic heterocycles. The van der Waals surface area contributed by atoms with E-state index in [-0.39, 0.29) is 18.2 Å². The maximum absolute atomic E-state index is 13.6. The summed E-state index contributed by atoms with van der Waals surface area (Å²) in [7, 11) is 0. The minimum Gasteiger partial charge on any atom is -0.462 e. The van der Waals surface area contributed by atoms with Crippen LogP contribution in [0, 0.1) is 5.82 Å². The van der Waals surface area contributed by atoms with E-state index in [2.05, 4.69) is 16.0 Å². The number of benzene rings is 5. The van der Waals surface area contributed by atoms with Gasteiger partial charge in [-0.05, 0) is 90.9 Å². The van der Waals surface area contributed by atoms with Gasteiger partial charge in [-0.25, -0.2) is 9.18 Å². The van der Waals surface area contributed by atoms with Crippen LogP contribution in [0.4, 0.5) is 15.8 Å². The van der Waals surface area contributed by atoms with Crippen LogP contribution in [-0.4, -0.2) is 30.3 Å². The largest absolute Gasteiger partial charge is 0.462 e. The van der Waals surface area contributed by atoms with Gasteiger partial charge in [0.2, 0.25) is 5.91 Å². The first-order valence-corrected chi connectivity index (χ1v) is 16.2. The highest BCUT2D eigenvalue weighted by molar-refractivity contribution is 8.00. The van der Waals surface area contributed by atoms with E-state index < -0.39 is 28.9 Å². The number of amides is 3. The van der Waals surface area contributed by atoms with Crippen LogP contribution in [0.25, 0.3) is 6.08 Å². The van der Waals surface area contributed by atoms with Crippen molar-refractivity contribution in [3.05, 3.63) is 167 Å². The Morgan fingerprint density at radius 3 is 2.08 bits per heavy atom. The number of halogens is 1. The van der Waals surface area contributed by atoms with E-state index in [1.807, 2.05) is 36.4 Å². The Balaban J connectivity index is 1.35. The summed E-state index contributed by atoms with van der Waals surface area (Å²) in [6.45, 7) is 1.99. The monoisotopic (exact) mass is 673 g/mol. The Morgan fingerprint density at radius 1 is 0.735 bits per heavy atom. The van der Waals surface area contributed by atoms with Gasteiger partial charge in [-0.1, -0.05) is 66.7 Å². The number of ether oxygens (including phenoxy) is 1. The summed E-state index contributed by atoms with van der Waals surface area (Å²) < 4.78 is 18.6. The predicted octanol–water partition coefficient (Wildman–Crippen LogP) is 7.88. The van der Waals surface area contributed by atoms with Crippen molar-refractivity contribution in [3.63, 3.8) is 0 Å². The molecule has 1 unspecified atom stereocenters. The molecule has 5 aromatic carbocycles. The van der Waals surface area contributed by atoms with Gasteiger partial charge in [-0.3, -0.25) is 14.4 Å². The van der Waals surface area contributed by atoms with Crippen LogP contribution < -0.4 is 16.0 Å². The molecule has 8 nitrogen and oxygen atoms in total. The van der Waals surface area contributed by atoms with Crippen molar-refractivity contribution >= 4 is 52.9 Å². The highest BCUT2D eigenvalue weighted by atomic mass is 32.2. The molecule has 0 aliphatic heterocycles. The number of rotatable bonds is 12. The van der Waals surface area contributed by atoms with E-state index in [4.69, 9.17) is 4.74 Å². The summed E-state index contributed by atoms with van der Waals surface area (Å²) in [4.78, 5) is 52.9. The highest BCUT2D eigenvalue weighted by Gasteiger charge is 2.23. The topological polar surface area (TPSA) is 114 Å². The van der Waals surface area contributed by atoms with Gasteiger partial charge < -0.3 is 20.7 Å². The quantitative estimate of drug-likeness (QED) is 0.0706. The van der Waals surface area contributed by atoms with Crippen molar-refractivity contribution in [3.8, 4) is 0 Å². The normalized spacial score (nSPS) is 11.6. The number of nitrogens with one attached hydrogen (secondary N) is 3. The Hall–Kier alpha value is -6.00. The second-order valence-corrected chi connectivity index (χ2v) is 11.8. The minimum atomic E-state index is -0.670. The molecule has 0 bridgehead atoms. The van der Waals surface area contributed by atoms with Gasteiger partial charge >= 0.3 is 5.97 Å². The van der Waals surface area contributed by atoms with E-state index in [9.17, 15) is 23.6 Å². The Bertz CT molecular complexity index is 1950. The molecule has 0 radical (unpaired) electrons. The number of thioether (sulfide) groups is 1. The fourth-order valence-corrected chi connectivity index (χ4v) is 5.75. The molecular formula is C39H32FN3O5S. The fraction of sp³-hybridized carbons (Fsp3) is 0.0769. The van der Waals surface area contributed by atoms with Crippen LogP contribution in [-0.2, 0) is 14.3 Å². The molecule has 49 heavy (non-hydrogen) atoms. The number of hydrogen-bond acceptors (Lipinski definition) is 6. The third kappa shape index (κ3) is 9.75. The molecule has 0 saturated carbocycles. The van der Waals surface area contributed by atoms with Gasteiger partial charge in [0.1, 0.15) is 16.8 Å². The zero-order valence-electron chi connectivity index (χ0n) is 26.4. The first-order chi connectivity index (χ1) is 23.8. The molecular weight excluding hydrogens is 642 g/mol. The van der Waals surface area contributed by atoms with E-state index in [1.54, 1.807) is 79.7 Å². The fourth-order valence-electron chi connectivity index (χ4n) is 4.66. The summed E-state index contributed by atoms with van der Waals surface area (Å²) in [6.07, 6.45) is 1.46. The SMILES string of the molecule is CCOC(=O)c1ccc(NC(=O)C(Sc2cccc(NC(=O)/C(=C/c3ccc(F)cc3)NC(=O)c3ccccc3)c2)c2ccccc2)cc1. The molecule has 0 spiro atoms. The minimum absolute atomic E-state index is 0.0472. The highest BCUT2D eigenvalue weighted by Crippen LogP contribution is 2.37. The summed E-state index contributed by atoms with van der Waals surface area (Å²) in [6, 6.07) is 36.7. The first kappa shape index (κ1) is 34.3. The van der Waals surface area contributed by atoms with Crippen molar-refractivity contribution in [1.82, 2.24) is 5.32 Å². The van der Waals surface area contributed by atoms with E-state index in [0.717, 1.165) is 5.56 Å². The molecule has 0 aliphatic rings. The van der Waals surface area contributed by atoms with Crippen molar-refractivity contribution in [2.75, 3.05) is 17.2 Å². The molecule has 0 heterocycles. The maximum Gasteiger partial charge on any atom is 0.338 e. The Labute approximate surface area is 287 Å². The lowest BCUT2D eigenvalue weighted by atomic mass is 10.1. The zero-order valence-corrected chi connectivity index (χ0v) is 27.2. The average molecular weight is 674 g/mol. The van der Waals surface area contributed by atoms with E-state index >= 15 is 0 Å². The third-order valence-electron chi connectivity index (χ3n) is 7.06. The van der Waals surface area contributed by atoms with Crippen LogP contribution in [0.3, 0.4) is 0 Å². The third-order valence-corrected chi connectivity index (χ3v) is 8.31. The summed E-state index contributed by atoms with van der Waals surface area (Å²) in [5.74, 6) is -2.25. The molecule has 5 aromatic rings. The summed E-state index contributed by atoms with van der Waals surface area (Å²) >= 11 is 1.29. The number of carbonyl (C=O) groups excluding carboxylic acids is 4. The molecule has 5 rings (SSSR count). The van der Waals surface area contributed by atoms with Gasteiger partial charge in [-0.15, -0.1) is 11.8 Å². The molecule has 246 valence electrons. The van der Waals surface area contributed by atoms with Gasteiger partial charge in [0.25, 0.3) is 11.8 Å². The smallest absolute Gasteiger partial charge is 0.338 e. The summed E-state index contributed by atoms with van der Waals surface area (Å²) in [5, 5.41) is 7.76. The number of anilines is 2. The Morgan fingerprint density at radius 2 is 1.41 bits per heavy atom.